The molecule has 6 heteroatoms. The summed E-state index contributed by atoms with van der Waals surface area (Å²) in [6.45, 7) is 9.28. The minimum atomic E-state index is -2.80. The van der Waals surface area contributed by atoms with E-state index in [-0.39, 0.29) is 11.1 Å². The molecule has 5 nitrogen and oxygen atoms in total. The van der Waals surface area contributed by atoms with Gasteiger partial charge in [-0.05, 0) is 13.8 Å². The zero-order chi connectivity index (χ0) is 11.3. The van der Waals surface area contributed by atoms with Crippen molar-refractivity contribution >= 4 is 20.2 Å². The van der Waals surface area contributed by atoms with Crippen LogP contribution in [0.1, 0.15) is 13.8 Å². The Labute approximate surface area is 82.3 Å². The molecule has 0 bridgehead atoms. The molecule has 0 amide bonds. The Hall–Kier alpha value is -1.48. The van der Waals surface area contributed by atoms with Crippen molar-refractivity contribution in [2.24, 2.45) is 0 Å². The molecule has 0 aliphatic carbocycles. The van der Waals surface area contributed by atoms with Crippen LogP contribution >= 0.6 is 8.25 Å². The average Bonchev–Trinajstić information content (AvgIpc) is 2.03. The van der Waals surface area contributed by atoms with E-state index in [1.165, 1.54) is 13.8 Å². The highest BCUT2D eigenvalue weighted by Crippen LogP contribution is 2.26. The summed E-state index contributed by atoms with van der Waals surface area (Å²) in [4.78, 5) is 21.6. The van der Waals surface area contributed by atoms with Crippen LogP contribution in [-0.2, 0) is 23.2 Å². The molecule has 0 spiro atoms. The van der Waals surface area contributed by atoms with Gasteiger partial charge < -0.3 is 0 Å². The Kier molecular flexibility index (Phi) is 4.73. The molecule has 0 aromatic heterocycles. The summed E-state index contributed by atoms with van der Waals surface area (Å²) in [5, 5.41) is 0. The van der Waals surface area contributed by atoms with Crippen LogP contribution in [-0.4, -0.2) is 11.9 Å². The second-order valence-electron chi connectivity index (χ2n) is 2.54. The topological polar surface area (TPSA) is 69.7 Å². The fraction of sp³-hybridized carbons (Fsp3) is 0.250. The maximum absolute atomic E-state index is 10.9. The minimum absolute atomic E-state index is 0.0692. The maximum Gasteiger partial charge on any atom is 0.812 e. The summed E-state index contributed by atoms with van der Waals surface area (Å²) < 4.78 is 19.3. The molecule has 0 rings (SSSR count). The van der Waals surface area contributed by atoms with E-state index < -0.39 is 20.2 Å². The molecule has 0 unspecified atom stereocenters. The van der Waals surface area contributed by atoms with Crippen LogP contribution in [0.25, 0.3) is 0 Å². The van der Waals surface area contributed by atoms with Crippen molar-refractivity contribution in [1.82, 2.24) is 0 Å². The first-order valence-electron chi connectivity index (χ1n) is 3.57. The highest BCUT2D eigenvalue weighted by atomic mass is 31.1. The van der Waals surface area contributed by atoms with Crippen molar-refractivity contribution in [1.29, 1.82) is 0 Å². The molecule has 0 heterocycles. The van der Waals surface area contributed by atoms with Gasteiger partial charge in [-0.2, -0.15) is 9.05 Å². The lowest BCUT2D eigenvalue weighted by Crippen LogP contribution is -2.03. The first kappa shape index (κ1) is 12.5. The monoisotopic (exact) mass is 217 g/mol. The van der Waals surface area contributed by atoms with Crippen molar-refractivity contribution in [2.45, 2.75) is 13.8 Å². The fourth-order valence-corrected chi connectivity index (χ4v) is 0.930. The van der Waals surface area contributed by atoms with Crippen LogP contribution in [0.15, 0.2) is 24.3 Å². The predicted octanol–water partition coefficient (Wildman–Crippen LogP) is 1.88. The molecular weight excluding hydrogens is 207 g/mol. The molecule has 0 aromatic rings. The van der Waals surface area contributed by atoms with Crippen molar-refractivity contribution in [3.05, 3.63) is 24.3 Å². The van der Waals surface area contributed by atoms with E-state index in [2.05, 4.69) is 22.2 Å². The molecule has 0 aromatic carbocycles. The second-order valence-corrected chi connectivity index (χ2v) is 3.35. The summed E-state index contributed by atoms with van der Waals surface area (Å²) in [5.74, 6) is -1.75. The van der Waals surface area contributed by atoms with E-state index in [9.17, 15) is 14.2 Å². The van der Waals surface area contributed by atoms with Crippen LogP contribution in [0.4, 0.5) is 0 Å². The van der Waals surface area contributed by atoms with E-state index in [1.54, 1.807) is 0 Å². The molecule has 76 valence electrons. The van der Waals surface area contributed by atoms with Crippen molar-refractivity contribution in [3.63, 3.8) is 0 Å². The zero-order valence-electron chi connectivity index (χ0n) is 7.90. The lowest BCUT2D eigenvalue weighted by atomic mass is 10.4. The molecular formula is C8H10O5P+. The molecule has 0 radical (unpaired) electrons. The number of hydrogen-bond donors (Lipinski definition) is 0. The van der Waals surface area contributed by atoms with Crippen LogP contribution < -0.4 is 0 Å². The van der Waals surface area contributed by atoms with Crippen LogP contribution in [0.2, 0.25) is 0 Å². The van der Waals surface area contributed by atoms with Gasteiger partial charge in [-0.15, -0.1) is 0 Å². The zero-order valence-corrected chi connectivity index (χ0v) is 8.80. The van der Waals surface area contributed by atoms with Gasteiger partial charge in [-0.1, -0.05) is 13.2 Å². The summed E-state index contributed by atoms with van der Waals surface area (Å²) in [6, 6.07) is 0. The normalized spacial score (nSPS) is 8.71. The van der Waals surface area contributed by atoms with E-state index in [0.29, 0.717) is 0 Å². The Morgan fingerprint density at radius 3 is 1.50 bits per heavy atom. The van der Waals surface area contributed by atoms with Gasteiger partial charge in [-0.3, -0.25) is 0 Å². The third kappa shape index (κ3) is 4.52. The van der Waals surface area contributed by atoms with Gasteiger partial charge in [0.25, 0.3) is 0 Å². The maximum atomic E-state index is 10.9. The summed E-state index contributed by atoms with van der Waals surface area (Å²) >= 11 is 0. The van der Waals surface area contributed by atoms with Gasteiger partial charge in [0.2, 0.25) is 0 Å². The number of hydrogen-bond acceptors (Lipinski definition) is 5. The molecule has 0 saturated heterocycles. The standard InChI is InChI=1S/C8H10O5P/c1-5(2)7(9)12-14(11)13-8(10)6(3)4/h1,3H2,2,4H3/q+1. The van der Waals surface area contributed by atoms with Gasteiger partial charge in [0.15, 0.2) is 0 Å². The number of rotatable bonds is 4. The number of carbonyl (C=O) groups is 2. The third-order valence-corrected chi connectivity index (χ3v) is 1.64. The van der Waals surface area contributed by atoms with Gasteiger partial charge >= 0.3 is 20.2 Å². The van der Waals surface area contributed by atoms with E-state index >= 15 is 0 Å². The van der Waals surface area contributed by atoms with E-state index in [0.717, 1.165) is 0 Å². The molecule has 0 atom stereocenters. The quantitative estimate of drug-likeness (QED) is 0.531. The minimum Gasteiger partial charge on any atom is -0.241 e. The smallest absolute Gasteiger partial charge is 0.241 e. The summed E-state index contributed by atoms with van der Waals surface area (Å²) in [5.41, 5.74) is 0.138. The highest BCUT2D eigenvalue weighted by molar-refractivity contribution is 7.34. The van der Waals surface area contributed by atoms with E-state index in [1.807, 2.05) is 0 Å². The van der Waals surface area contributed by atoms with Gasteiger partial charge in [0, 0.05) is 15.7 Å². The SMILES string of the molecule is C=C(C)C(=O)O[P+](=O)OC(=O)C(=C)C. The molecule has 0 N–H and O–H groups in total. The van der Waals surface area contributed by atoms with Crippen molar-refractivity contribution < 1.29 is 23.2 Å². The van der Waals surface area contributed by atoms with Gasteiger partial charge in [0.1, 0.15) is 0 Å². The first-order chi connectivity index (χ1) is 6.34. The Morgan fingerprint density at radius 2 is 1.29 bits per heavy atom. The lowest BCUT2D eigenvalue weighted by Gasteiger charge is -1.90. The molecule has 14 heavy (non-hydrogen) atoms. The molecule has 0 saturated carbocycles. The molecule has 0 fully saturated rings. The van der Waals surface area contributed by atoms with E-state index in [4.69, 9.17) is 0 Å². The van der Waals surface area contributed by atoms with Crippen molar-refractivity contribution in [3.8, 4) is 0 Å². The van der Waals surface area contributed by atoms with Crippen LogP contribution in [0, 0.1) is 0 Å². The summed E-state index contributed by atoms with van der Waals surface area (Å²) in [7, 11) is -2.80. The predicted molar refractivity (Wildman–Crippen MR) is 49.4 cm³/mol. The fourth-order valence-electron chi connectivity index (χ4n) is 0.310. The molecule has 0 aliphatic heterocycles. The Balaban J connectivity index is 4.12. The first-order valence-corrected chi connectivity index (χ1v) is 4.67. The summed E-state index contributed by atoms with van der Waals surface area (Å²) in [6.07, 6.45) is 0. The van der Waals surface area contributed by atoms with Gasteiger partial charge in [0.05, 0.1) is 0 Å². The third-order valence-electron chi connectivity index (χ3n) is 1.01. The Morgan fingerprint density at radius 1 is 1.00 bits per heavy atom. The van der Waals surface area contributed by atoms with Crippen molar-refractivity contribution in [2.75, 3.05) is 0 Å². The largest absolute Gasteiger partial charge is 0.812 e. The van der Waals surface area contributed by atoms with Crippen LogP contribution in [0.5, 0.6) is 0 Å². The second kappa shape index (κ2) is 5.29. The number of carbonyl (C=O) groups excluding carboxylic acids is 2. The Bertz CT molecular complexity index is 288. The van der Waals surface area contributed by atoms with Gasteiger partial charge in [-0.25, -0.2) is 9.59 Å². The lowest BCUT2D eigenvalue weighted by molar-refractivity contribution is -0.133. The highest BCUT2D eigenvalue weighted by Gasteiger charge is 2.31. The average molecular weight is 217 g/mol. The van der Waals surface area contributed by atoms with Crippen LogP contribution in [0.3, 0.4) is 0 Å². The molecule has 0 aliphatic rings.